The van der Waals surface area contributed by atoms with Gasteiger partial charge < -0.3 is 14.6 Å². The second kappa shape index (κ2) is 4.84. The average molecular weight is 256 g/mol. The van der Waals surface area contributed by atoms with E-state index >= 15 is 0 Å². The summed E-state index contributed by atoms with van der Waals surface area (Å²) in [7, 11) is 0. The molecule has 0 fully saturated rings. The van der Waals surface area contributed by atoms with Crippen LogP contribution in [0.15, 0.2) is 42.5 Å². The summed E-state index contributed by atoms with van der Waals surface area (Å²) in [4.78, 5) is 0. The summed E-state index contributed by atoms with van der Waals surface area (Å²) in [5, 5.41) is 9.49. The number of phenols is 1. The molecule has 3 heteroatoms. The number of para-hydroxylation sites is 1. The minimum absolute atomic E-state index is 0.265. The van der Waals surface area contributed by atoms with Crippen LogP contribution in [0.1, 0.15) is 17.5 Å². The first kappa shape index (κ1) is 11.9. The Bertz CT molecular complexity index is 592. The molecule has 98 valence electrons. The highest BCUT2D eigenvalue weighted by atomic mass is 16.7. The predicted molar refractivity (Wildman–Crippen MR) is 72.7 cm³/mol. The fraction of sp³-hybridized carbons (Fsp3) is 0.250. The van der Waals surface area contributed by atoms with Gasteiger partial charge in [-0.2, -0.15) is 0 Å². The molecule has 3 rings (SSSR count). The Morgan fingerprint density at radius 2 is 2.05 bits per heavy atom. The van der Waals surface area contributed by atoms with Gasteiger partial charge in [0.2, 0.25) is 6.29 Å². The van der Waals surface area contributed by atoms with Gasteiger partial charge in [0.1, 0.15) is 17.2 Å². The van der Waals surface area contributed by atoms with Crippen molar-refractivity contribution in [1.82, 2.24) is 0 Å². The fourth-order valence-corrected chi connectivity index (χ4v) is 2.24. The van der Waals surface area contributed by atoms with Crippen LogP contribution in [0.5, 0.6) is 17.2 Å². The molecule has 1 aliphatic heterocycles. The van der Waals surface area contributed by atoms with Crippen molar-refractivity contribution in [3.8, 4) is 17.2 Å². The van der Waals surface area contributed by atoms with Gasteiger partial charge in [0.05, 0.1) is 0 Å². The molecule has 1 atom stereocenters. The Kier molecular flexibility index (Phi) is 3.03. The molecule has 1 aliphatic rings. The number of benzene rings is 2. The lowest BCUT2D eigenvalue weighted by molar-refractivity contribution is -0.00985. The number of rotatable bonds is 2. The van der Waals surface area contributed by atoms with E-state index in [2.05, 4.69) is 6.07 Å². The number of hydrogen-bond donors (Lipinski definition) is 1. The fourth-order valence-electron chi connectivity index (χ4n) is 2.24. The van der Waals surface area contributed by atoms with Gasteiger partial charge in [-0.15, -0.1) is 0 Å². The molecule has 19 heavy (non-hydrogen) atoms. The summed E-state index contributed by atoms with van der Waals surface area (Å²) >= 11 is 0. The SMILES string of the molecule is Cc1cc(OC2CCc3ccccc3O2)ccc1O. The van der Waals surface area contributed by atoms with Gasteiger partial charge in [0.15, 0.2) is 0 Å². The van der Waals surface area contributed by atoms with Gasteiger partial charge in [-0.25, -0.2) is 0 Å². The molecule has 0 saturated carbocycles. The van der Waals surface area contributed by atoms with Gasteiger partial charge >= 0.3 is 0 Å². The molecular weight excluding hydrogens is 240 g/mol. The molecule has 2 aromatic rings. The quantitative estimate of drug-likeness (QED) is 0.894. The lowest BCUT2D eigenvalue weighted by Crippen LogP contribution is -2.28. The van der Waals surface area contributed by atoms with Crippen LogP contribution in [-0.4, -0.2) is 11.4 Å². The second-order valence-corrected chi connectivity index (χ2v) is 4.76. The molecule has 0 aromatic heterocycles. The average Bonchev–Trinajstić information content (AvgIpc) is 2.43. The smallest absolute Gasteiger partial charge is 0.241 e. The van der Waals surface area contributed by atoms with Crippen molar-refractivity contribution in [2.45, 2.75) is 26.1 Å². The van der Waals surface area contributed by atoms with Crippen molar-refractivity contribution in [3.05, 3.63) is 53.6 Å². The summed E-state index contributed by atoms with van der Waals surface area (Å²) in [6.45, 7) is 1.85. The van der Waals surface area contributed by atoms with Crippen LogP contribution in [0.2, 0.25) is 0 Å². The molecule has 0 aliphatic carbocycles. The highest BCUT2D eigenvalue weighted by Crippen LogP contribution is 2.29. The van der Waals surface area contributed by atoms with E-state index in [1.807, 2.05) is 31.2 Å². The molecule has 3 nitrogen and oxygen atoms in total. The van der Waals surface area contributed by atoms with Crippen molar-refractivity contribution in [2.75, 3.05) is 0 Å². The Labute approximate surface area is 112 Å². The third kappa shape index (κ3) is 2.50. The first-order valence-electron chi connectivity index (χ1n) is 6.43. The van der Waals surface area contributed by atoms with Gasteiger partial charge in [-0.1, -0.05) is 18.2 Å². The molecule has 0 saturated heterocycles. The summed E-state index contributed by atoms with van der Waals surface area (Å²) in [6.07, 6.45) is 1.52. The molecule has 0 bridgehead atoms. The molecule has 2 aromatic carbocycles. The molecule has 0 spiro atoms. The van der Waals surface area contributed by atoms with Gasteiger partial charge in [0.25, 0.3) is 0 Å². The topological polar surface area (TPSA) is 38.7 Å². The maximum absolute atomic E-state index is 9.49. The zero-order chi connectivity index (χ0) is 13.2. The molecule has 1 N–H and O–H groups in total. The van der Waals surface area contributed by atoms with Crippen LogP contribution in [-0.2, 0) is 6.42 Å². The van der Waals surface area contributed by atoms with Crippen LogP contribution in [0.25, 0.3) is 0 Å². The van der Waals surface area contributed by atoms with Crippen LogP contribution < -0.4 is 9.47 Å². The van der Waals surface area contributed by atoms with Crippen LogP contribution in [0.4, 0.5) is 0 Å². The monoisotopic (exact) mass is 256 g/mol. The van der Waals surface area contributed by atoms with Crippen molar-refractivity contribution in [1.29, 1.82) is 0 Å². The predicted octanol–water partition coefficient (Wildman–Crippen LogP) is 3.43. The summed E-state index contributed by atoms with van der Waals surface area (Å²) in [5.41, 5.74) is 2.03. The largest absolute Gasteiger partial charge is 0.508 e. The summed E-state index contributed by atoms with van der Waals surface area (Å²) in [5.74, 6) is 1.90. The molecule has 1 unspecified atom stereocenters. The Balaban J connectivity index is 1.73. The minimum atomic E-state index is -0.265. The maximum Gasteiger partial charge on any atom is 0.241 e. The summed E-state index contributed by atoms with van der Waals surface area (Å²) in [6, 6.07) is 13.2. The van der Waals surface area contributed by atoms with E-state index in [0.29, 0.717) is 0 Å². The number of hydrogen-bond acceptors (Lipinski definition) is 3. The van der Waals surface area contributed by atoms with E-state index in [1.54, 1.807) is 12.1 Å². The molecule has 1 heterocycles. The van der Waals surface area contributed by atoms with Crippen LogP contribution in [0.3, 0.4) is 0 Å². The van der Waals surface area contributed by atoms with E-state index in [4.69, 9.17) is 9.47 Å². The first-order valence-corrected chi connectivity index (χ1v) is 6.43. The Hall–Kier alpha value is -2.16. The highest BCUT2D eigenvalue weighted by Gasteiger charge is 2.20. The third-order valence-corrected chi connectivity index (χ3v) is 3.32. The lowest BCUT2D eigenvalue weighted by Gasteiger charge is -2.26. The van der Waals surface area contributed by atoms with Crippen molar-refractivity contribution in [3.63, 3.8) is 0 Å². The van der Waals surface area contributed by atoms with E-state index in [-0.39, 0.29) is 12.0 Å². The number of phenolic OH excluding ortho intramolecular Hbond substituents is 1. The lowest BCUT2D eigenvalue weighted by atomic mass is 10.1. The molecule has 0 radical (unpaired) electrons. The van der Waals surface area contributed by atoms with E-state index in [9.17, 15) is 5.11 Å². The Morgan fingerprint density at radius 3 is 2.89 bits per heavy atom. The Morgan fingerprint density at radius 1 is 1.21 bits per heavy atom. The number of ether oxygens (including phenoxy) is 2. The molecular formula is C16H16O3. The van der Waals surface area contributed by atoms with Crippen molar-refractivity contribution in [2.24, 2.45) is 0 Å². The van der Waals surface area contributed by atoms with Crippen molar-refractivity contribution < 1.29 is 14.6 Å². The zero-order valence-electron chi connectivity index (χ0n) is 10.8. The standard InChI is InChI=1S/C16H16O3/c1-11-10-13(7-8-14(11)17)18-16-9-6-12-4-2-3-5-15(12)19-16/h2-5,7-8,10,16-17H,6,9H2,1H3. The number of aryl methyl sites for hydroxylation is 2. The van der Waals surface area contributed by atoms with Gasteiger partial charge in [-0.3, -0.25) is 0 Å². The third-order valence-electron chi connectivity index (χ3n) is 3.32. The highest BCUT2D eigenvalue weighted by molar-refractivity contribution is 5.39. The van der Waals surface area contributed by atoms with E-state index in [1.165, 1.54) is 5.56 Å². The minimum Gasteiger partial charge on any atom is -0.508 e. The second-order valence-electron chi connectivity index (χ2n) is 4.76. The molecule has 0 amide bonds. The van der Waals surface area contributed by atoms with Gasteiger partial charge in [0, 0.05) is 6.42 Å². The number of aromatic hydroxyl groups is 1. The van der Waals surface area contributed by atoms with Crippen molar-refractivity contribution >= 4 is 0 Å². The summed E-state index contributed by atoms with van der Waals surface area (Å²) < 4.78 is 11.6. The number of fused-ring (bicyclic) bond motifs is 1. The van der Waals surface area contributed by atoms with Gasteiger partial charge in [-0.05, 0) is 48.7 Å². The zero-order valence-corrected chi connectivity index (χ0v) is 10.8. The maximum atomic E-state index is 9.49. The normalized spacial score (nSPS) is 17.4. The van der Waals surface area contributed by atoms with E-state index in [0.717, 1.165) is 29.9 Å². The first-order chi connectivity index (χ1) is 9.22. The van der Waals surface area contributed by atoms with Crippen LogP contribution in [0, 0.1) is 6.92 Å². The van der Waals surface area contributed by atoms with E-state index < -0.39 is 0 Å². The van der Waals surface area contributed by atoms with Crippen LogP contribution >= 0.6 is 0 Å².